The molecule has 4 nitrogen and oxygen atoms in total. The summed E-state index contributed by atoms with van der Waals surface area (Å²) < 4.78 is 0. The van der Waals surface area contributed by atoms with Crippen molar-refractivity contribution >= 4 is 11.6 Å². The number of Topliss-reactive ketones (excluding diaryl/α,β-unsaturated/α-hetero) is 1. The van der Waals surface area contributed by atoms with E-state index < -0.39 is 0 Å². The fraction of sp³-hybridized carbons (Fsp3) is 0.538. The van der Waals surface area contributed by atoms with E-state index >= 15 is 0 Å². The minimum absolute atomic E-state index is 0.0236. The molecule has 3 N–H and O–H groups in total. The highest BCUT2D eigenvalue weighted by Gasteiger charge is 2.15. The highest BCUT2D eigenvalue weighted by atomic mass is 16.1. The van der Waals surface area contributed by atoms with E-state index in [-0.39, 0.29) is 11.3 Å². The number of nitrogens with one attached hydrogen (secondary N) is 1. The molecule has 0 spiro atoms. The number of nitrogen functional groups attached to an aromatic ring is 1. The lowest BCUT2D eigenvalue weighted by Crippen LogP contribution is -2.37. The van der Waals surface area contributed by atoms with Crippen molar-refractivity contribution in [3.63, 3.8) is 0 Å². The van der Waals surface area contributed by atoms with Crippen molar-refractivity contribution in [1.82, 2.24) is 10.3 Å². The van der Waals surface area contributed by atoms with Crippen LogP contribution in [0.3, 0.4) is 0 Å². The number of aryl methyl sites for hydroxylation is 1. The summed E-state index contributed by atoms with van der Waals surface area (Å²) in [5, 5.41) is 3.28. The molecule has 0 aliphatic rings. The number of carbonyl (C=O) groups excluding carboxylic acids is 1. The number of pyridine rings is 1. The van der Waals surface area contributed by atoms with Crippen molar-refractivity contribution in [2.24, 2.45) is 0 Å². The van der Waals surface area contributed by atoms with Crippen LogP contribution in [0.2, 0.25) is 0 Å². The van der Waals surface area contributed by atoms with Gasteiger partial charge in [-0.05, 0) is 39.3 Å². The van der Waals surface area contributed by atoms with Gasteiger partial charge in [0.15, 0.2) is 5.78 Å². The number of nitrogens with two attached hydrogens (primary N) is 1. The Kier molecular flexibility index (Phi) is 4.23. The zero-order valence-electron chi connectivity index (χ0n) is 11.0. The van der Waals surface area contributed by atoms with Crippen molar-refractivity contribution in [3.05, 3.63) is 23.4 Å². The molecule has 0 bridgehead atoms. The molecule has 4 heteroatoms. The van der Waals surface area contributed by atoms with Crippen molar-refractivity contribution in [3.8, 4) is 0 Å². The monoisotopic (exact) mass is 235 g/mol. The second-order valence-corrected chi connectivity index (χ2v) is 5.24. The molecule has 0 radical (unpaired) electrons. The number of carbonyl (C=O) groups is 1. The van der Waals surface area contributed by atoms with E-state index in [1.54, 1.807) is 12.3 Å². The van der Waals surface area contributed by atoms with E-state index in [0.29, 0.717) is 24.3 Å². The van der Waals surface area contributed by atoms with Gasteiger partial charge in [-0.3, -0.25) is 4.79 Å². The van der Waals surface area contributed by atoms with Gasteiger partial charge in [0.05, 0.1) is 5.56 Å². The van der Waals surface area contributed by atoms with Crippen LogP contribution < -0.4 is 11.1 Å². The van der Waals surface area contributed by atoms with Crippen molar-refractivity contribution in [2.75, 3.05) is 12.3 Å². The molecule has 0 aromatic carbocycles. The summed E-state index contributed by atoms with van der Waals surface area (Å²) in [5.41, 5.74) is 7.20. The smallest absolute Gasteiger partial charge is 0.168 e. The average Bonchev–Trinajstić information content (AvgIpc) is 2.15. The standard InChI is InChI=1S/C13H21N3O/c1-9-5-7-15-12(14)11(9)10(17)6-8-16-13(2,3)4/h5,7,16H,6,8H2,1-4H3,(H2,14,15). The van der Waals surface area contributed by atoms with Gasteiger partial charge in [0.2, 0.25) is 0 Å². The fourth-order valence-corrected chi connectivity index (χ4v) is 1.62. The summed E-state index contributed by atoms with van der Waals surface area (Å²) in [6.45, 7) is 8.74. The Balaban J connectivity index is 2.65. The van der Waals surface area contributed by atoms with Gasteiger partial charge in [0, 0.05) is 24.7 Å². The van der Waals surface area contributed by atoms with E-state index in [9.17, 15) is 4.79 Å². The summed E-state index contributed by atoms with van der Waals surface area (Å²) >= 11 is 0. The third-order valence-electron chi connectivity index (χ3n) is 2.47. The molecule has 0 fully saturated rings. The SMILES string of the molecule is Cc1ccnc(N)c1C(=O)CCNC(C)(C)C. The van der Waals surface area contributed by atoms with Gasteiger partial charge < -0.3 is 11.1 Å². The van der Waals surface area contributed by atoms with Crippen LogP contribution in [0.5, 0.6) is 0 Å². The third kappa shape index (κ3) is 4.15. The Labute approximate surface area is 103 Å². The van der Waals surface area contributed by atoms with Gasteiger partial charge in [-0.2, -0.15) is 0 Å². The van der Waals surface area contributed by atoms with E-state index in [0.717, 1.165) is 5.56 Å². The largest absolute Gasteiger partial charge is 0.383 e. The number of anilines is 1. The number of ketones is 1. The molecule has 0 saturated carbocycles. The van der Waals surface area contributed by atoms with Crippen LogP contribution in [0.1, 0.15) is 43.1 Å². The zero-order valence-corrected chi connectivity index (χ0v) is 11.0. The van der Waals surface area contributed by atoms with Crippen LogP contribution in [0.25, 0.3) is 0 Å². The van der Waals surface area contributed by atoms with Gasteiger partial charge in [0.1, 0.15) is 5.82 Å². The first kappa shape index (κ1) is 13.6. The van der Waals surface area contributed by atoms with Crippen LogP contribution in [0.15, 0.2) is 12.3 Å². The number of hydrogen-bond donors (Lipinski definition) is 2. The van der Waals surface area contributed by atoms with Crippen LogP contribution in [0.4, 0.5) is 5.82 Å². The second-order valence-electron chi connectivity index (χ2n) is 5.24. The molecule has 0 atom stereocenters. The summed E-state index contributed by atoms with van der Waals surface area (Å²) in [4.78, 5) is 16.0. The van der Waals surface area contributed by atoms with Gasteiger partial charge in [-0.1, -0.05) is 0 Å². The predicted octanol–water partition coefficient (Wildman–Crippen LogP) is 1.93. The molecule has 0 aliphatic heterocycles. The topological polar surface area (TPSA) is 68.0 Å². The Morgan fingerprint density at radius 1 is 1.47 bits per heavy atom. The predicted molar refractivity (Wildman–Crippen MR) is 70.1 cm³/mol. The lowest BCUT2D eigenvalue weighted by atomic mass is 10.0. The second kappa shape index (κ2) is 5.27. The summed E-state index contributed by atoms with van der Waals surface area (Å²) in [5.74, 6) is 0.371. The molecule has 1 aromatic rings. The Hall–Kier alpha value is -1.42. The fourth-order valence-electron chi connectivity index (χ4n) is 1.62. The van der Waals surface area contributed by atoms with Gasteiger partial charge >= 0.3 is 0 Å². The quantitative estimate of drug-likeness (QED) is 0.782. The van der Waals surface area contributed by atoms with E-state index in [1.165, 1.54) is 0 Å². The molecule has 0 aliphatic carbocycles. The first-order valence-corrected chi connectivity index (χ1v) is 5.80. The maximum atomic E-state index is 12.0. The van der Waals surface area contributed by atoms with E-state index in [4.69, 9.17) is 5.73 Å². The van der Waals surface area contributed by atoms with E-state index in [2.05, 4.69) is 31.1 Å². The minimum Gasteiger partial charge on any atom is -0.383 e. The maximum absolute atomic E-state index is 12.0. The first-order valence-electron chi connectivity index (χ1n) is 5.80. The van der Waals surface area contributed by atoms with Crippen LogP contribution in [0, 0.1) is 6.92 Å². The van der Waals surface area contributed by atoms with Crippen molar-refractivity contribution in [1.29, 1.82) is 0 Å². The highest BCUT2D eigenvalue weighted by molar-refractivity contribution is 6.01. The molecule has 94 valence electrons. The van der Waals surface area contributed by atoms with Crippen LogP contribution in [-0.2, 0) is 0 Å². The van der Waals surface area contributed by atoms with Gasteiger partial charge in [0.25, 0.3) is 0 Å². The summed E-state index contributed by atoms with van der Waals surface area (Å²) in [6, 6.07) is 1.81. The number of rotatable bonds is 4. The zero-order chi connectivity index (χ0) is 13.1. The molecular weight excluding hydrogens is 214 g/mol. The Bertz CT molecular complexity index is 387. The molecular formula is C13H21N3O. The number of nitrogens with zero attached hydrogens (tertiary/aromatic N) is 1. The number of aromatic nitrogens is 1. The van der Waals surface area contributed by atoms with Crippen LogP contribution in [-0.4, -0.2) is 22.9 Å². The molecule has 1 aromatic heterocycles. The molecule has 0 unspecified atom stereocenters. The van der Waals surface area contributed by atoms with E-state index in [1.807, 2.05) is 6.92 Å². The third-order valence-corrected chi connectivity index (χ3v) is 2.47. The molecule has 0 saturated heterocycles. The maximum Gasteiger partial charge on any atom is 0.168 e. The van der Waals surface area contributed by atoms with Crippen LogP contribution >= 0.6 is 0 Å². The minimum atomic E-state index is 0.0236. The molecule has 1 heterocycles. The average molecular weight is 235 g/mol. The lowest BCUT2D eigenvalue weighted by Gasteiger charge is -2.20. The Morgan fingerprint density at radius 2 is 2.12 bits per heavy atom. The molecule has 1 rings (SSSR count). The number of hydrogen-bond acceptors (Lipinski definition) is 4. The highest BCUT2D eigenvalue weighted by Crippen LogP contribution is 2.15. The van der Waals surface area contributed by atoms with Gasteiger partial charge in [-0.15, -0.1) is 0 Å². The lowest BCUT2D eigenvalue weighted by molar-refractivity contribution is 0.0980. The summed E-state index contributed by atoms with van der Waals surface area (Å²) in [6.07, 6.45) is 2.06. The molecule has 0 amide bonds. The normalized spacial score (nSPS) is 11.5. The van der Waals surface area contributed by atoms with Gasteiger partial charge in [-0.25, -0.2) is 4.98 Å². The summed E-state index contributed by atoms with van der Waals surface area (Å²) in [7, 11) is 0. The molecule has 17 heavy (non-hydrogen) atoms. The first-order chi connectivity index (χ1) is 7.81. The van der Waals surface area contributed by atoms with Crippen molar-refractivity contribution in [2.45, 2.75) is 39.7 Å². The van der Waals surface area contributed by atoms with Crippen molar-refractivity contribution < 1.29 is 4.79 Å². The Morgan fingerprint density at radius 3 is 2.65 bits per heavy atom.